The van der Waals surface area contributed by atoms with Crippen LogP contribution in [0.3, 0.4) is 0 Å². The summed E-state index contributed by atoms with van der Waals surface area (Å²) in [5, 5.41) is 2.78. The van der Waals surface area contributed by atoms with Crippen LogP contribution in [0.15, 0.2) is 22.1 Å². The van der Waals surface area contributed by atoms with Gasteiger partial charge in [0.25, 0.3) is 5.91 Å². The number of ether oxygens (including phenoxy) is 1. The Bertz CT molecular complexity index is 815. The number of esters is 1. The molecule has 0 atom stereocenters. The first-order valence-electron chi connectivity index (χ1n) is 7.50. The zero-order valence-corrected chi connectivity index (χ0v) is 17.4. The second kappa shape index (κ2) is 7.85. The number of aromatic nitrogens is 1. The number of nitrogens with one attached hydrogen (secondary N) is 1. The lowest BCUT2D eigenvalue weighted by molar-refractivity contribution is -0.153. The van der Waals surface area contributed by atoms with Crippen molar-refractivity contribution >= 4 is 56.4 Å². The molecule has 2 rings (SSSR count). The van der Waals surface area contributed by atoms with Crippen molar-refractivity contribution in [1.82, 2.24) is 4.98 Å². The summed E-state index contributed by atoms with van der Waals surface area (Å²) < 4.78 is 6.17. The molecule has 1 heterocycles. The van der Waals surface area contributed by atoms with Crippen molar-refractivity contribution in [3.05, 3.63) is 43.3 Å². The molecule has 1 N–H and O–H groups in total. The Kier molecular flexibility index (Phi) is 6.24. The van der Waals surface area contributed by atoms with Crippen molar-refractivity contribution in [3.8, 4) is 0 Å². The molecular formula is C17H18BrClN2O3S. The molecule has 0 unspecified atom stereocenters. The molecule has 0 aliphatic heterocycles. The second-order valence-corrected chi connectivity index (χ2v) is 9.34. The molecule has 0 aliphatic carbocycles. The molecule has 1 aromatic heterocycles. The topological polar surface area (TPSA) is 68.3 Å². The SMILES string of the molecule is Cc1ccc(CC(=O)OC(C)(C)C)c(NC(=O)c2nc(Br)sc2Cl)c1. The molecular weight excluding hydrogens is 428 g/mol. The summed E-state index contributed by atoms with van der Waals surface area (Å²) in [5.74, 6) is -0.788. The quantitative estimate of drug-likeness (QED) is 0.672. The summed E-state index contributed by atoms with van der Waals surface area (Å²) >= 11 is 10.4. The van der Waals surface area contributed by atoms with Crippen LogP contribution >= 0.6 is 38.9 Å². The molecule has 0 aliphatic rings. The molecule has 0 fully saturated rings. The van der Waals surface area contributed by atoms with Gasteiger partial charge in [0.05, 0.1) is 6.42 Å². The molecule has 0 bridgehead atoms. The van der Waals surface area contributed by atoms with Gasteiger partial charge >= 0.3 is 5.97 Å². The van der Waals surface area contributed by atoms with Gasteiger partial charge in [0.1, 0.15) is 9.94 Å². The summed E-state index contributed by atoms with van der Waals surface area (Å²) in [6, 6.07) is 5.47. The first kappa shape index (κ1) is 19.9. The number of carbonyl (C=O) groups excluding carboxylic acids is 2. The third-order valence-corrected chi connectivity index (χ3v) is 4.75. The maximum Gasteiger partial charge on any atom is 0.310 e. The van der Waals surface area contributed by atoms with E-state index in [0.717, 1.165) is 5.56 Å². The van der Waals surface area contributed by atoms with Crippen molar-refractivity contribution < 1.29 is 14.3 Å². The lowest BCUT2D eigenvalue weighted by atomic mass is 10.1. The van der Waals surface area contributed by atoms with E-state index >= 15 is 0 Å². The van der Waals surface area contributed by atoms with Gasteiger partial charge in [0.15, 0.2) is 9.61 Å². The van der Waals surface area contributed by atoms with Crippen molar-refractivity contribution in [3.63, 3.8) is 0 Å². The minimum absolute atomic E-state index is 0.0572. The number of hydrogen-bond donors (Lipinski definition) is 1. The number of nitrogens with zero attached hydrogens (tertiary/aromatic N) is 1. The largest absolute Gasteiger partial charge is 0.460 e. The van der Waals surface area contributed by atoms with Gasteiger partial charge in [-0.1, -0.05) is 35.1 Å². The maximum atomic E-state index is 12.4. The molecule has 0 spiro atoms. The zero-order chi connectivity index (χ0) is 18.8. The van der Waals surface area contributed by atoms with Crippen molar-refractivity contribution in [1.29, 1.82) is 0 Å². The van der Waals surface area contributed by atoms with Crippen LogP contribution in [0.25, 0.3) is 0 Å². The molecule has 5 nitrogen and oxygen atoms in total. The Hall–Kier alpha value is -1.44. The standard InChI is InChI=1S/C17H18BrClN2O3S/c1-9-5-6-10(8-12(22)24-17(2,3)4)11(7-9)20-15(23)13-14(19)25-16(18)21-13/h5-7H,8H2,1-4H3,(H,20,23). The highest BCUT2D eigenvalue weighted by Crippen LogP contribution is 2.29. The predicted octanol–water partition coefficient (Wildman–Crippen LogP) is 5.00. The average molecular weight is 446 g/mol. The Morgan fingerprint density at radius 2 is 2.04 bits per heavy atom. The van der Waals surface area contributed by atoms with Crippen LogP contribution in [-0.2, 0) is 16.0 Å². The summed E-state index contributed by atoms with van der Waals surface area (Å²) in [4.78, 5) is 28.6. The molecule has 0 radical (unpaired) electrons. The molecule has 1 amide bonds. The summed E-state index contributed by atoms with van der Waals surface area (Å²) in [7, 11) is 0. The number of thiazole rings is 1. The highest BCUT2D eigenvalue weighted by Gasteiger charge is 2.20. The monoisotopic (exact) mass is 444 g/mol. The van der Waals surface area contributed by atoms with Crippen LogP contribution in [0.2, 0.25) is 4.34 Å². The molecule has 1 aromatic carbocycles. The minimum atomic E-state index is -0.564. The Morgan fingerprint density at radius 1 is 1.36 bits per heavy atom. The number of amides is 1. The smallest absolute Gasteiger partial charge is 0.310 e. The fourth-order valence-electron chi connectivity index (χ4n) is 2.09. The van der Waals surface area contributed by atoms with Crippen LogP contribution in [0.5, 0.6) is 0 Å². The Labute approximate surface area is 163 Å². The molecule has 2 aromatic rings. The summed E-state index contributed by atoms with van der Waals surface area (Å²) in [5.41, 5.74) is 1.73. The van der Waals surface area contributed by atoms with Gasteiger partial charge in [-0.15, -0.1) is 0 Å². The van der Waals surface area contributed by atoms with Crippen molar-refractivity contribution in [2.24, 2.45) is 0 Å². The summed E-state index contributed by atoms with van der Waals surface area (Å²) in [6.45, 7) is 7.33. The lowest BCUT2D eigenvalue weighted by Crippen LogP contribution is -2.25. The maximum absolute atomic E-state index is 12.4. The van der Waals surface area contributed by atoms with Crippen LogP contribution < -0.4 is 5.32 Å². The van der Waals surface area contributed by atoms with E-state index in [-0.39, 0.29) is 18.1 Å². The number of benzene rings is 1. The van der Waals surface area contributed by atoms with Crippen LogP contribution in [0, 0.1) is 6.92 Å². The number of hydrogen-bond acceptors (Lipinski definition) is 5. The lowest BCUT2D eigenvalue weighted by Gasteiger charge is -2.20. The molecule has 8 heteroatoms. The van der Waals surface area contributed by atoms with Crippen molar-refractivity contribution in [2.75, 3.05) is 5.32 Å². The van der Waals surface area contributed by atoms with E-state index in [1.54, 1.807) is 12.1 Å². The predicted molar refractivity (Wildman–Crippen MR) is 104 cm³/mol. The van der Waals surface area contributed by atoms with E-state index in [2.05, 4.69) is 26.2 Å². The highest BCUT2D eigenvalue weighted by molar-refractivity contribution is 9.11. The molecule has 0 saturated heterocycles. The van der Waals surface area contributed by atoms with E-state index in [4.69, 9.17) is 16.3 Å². The zero-order valence-electron chi connectivity index (χ0n) is 14.3. The van der Waals surface area contributed by atoms with E-state index in [0.29, 0.717) is 19.5 Å². The van der Waals surface area contributed by atoms with Crippen LogP contribution in [-0.4, -0.2) is 22.5 Å². The van der Waals surface area contributed by atoms with E-state index in [1.165, 1.54) is 11.3 Å². The minimum Gasteiger partial charge on any atom is -0.460 e. The highest BCUT2D eigenvalue weighted by atomic mass is 79.9. The molecule has 25 heavy (non-hydrogen) atoms. The third kappa shape index (κ3) is 5.80. The van der Waals surface area contributed by atoms with Gasteiger partial charge in [-0.2, -0.15) is 0 Å². The van der Waals surface area contributed by atoms with Gasteiger partial charge in [-0.3, -0.25) is 9.59 Å². The Morgan fingerprint density at radius 3 is 2.60 bits per heavy atom. The fraction of sp³-hybridized carbons (Fsp3) is 0.353. The number of halogens is 2. The molecule has 0 saturated carbocycles. The van der Waals surface area contributed by atoms with Gasteiger partial charge in [0.2, 0.25) is 0 Å². The number of aryl methyl sites for hydroxylation is 1. The van der Waals surface area contributed by atoms with E-state index in [9.17, 15) is 9.59 Å². The molecule has 134 valence electrons. The average Bonchev–Trinajstić information content (AvgIpc) is 2.78. The van der Waals surface area contributed by atoms with E-state index < -0.39 is 11.5 Å². The van der Waals surface area contributed by atoms with Crippen LogP contribution in [0.1, 0.15) is 42.4 Å². The number of anilines is 1. The number of carbonyl (C=O) groups is 2. The second-order valence-electron chi connectivity index (χ2n) is 6.47. The van der Waals surface area contributed by atoms with Crippen molar-refractivity contribution in [2.45, 2.75) is 39.7 Å². The van der Waals surface area contributed by atoms with Gasteiger partial charge in [-0.05, 0) is 60.8 Å². The normalized spacial score (nSPS) is 11.3. The summed E-state index contributed by atoms with van der Waals surface area (Å²) in [6.07, 6.45) is 0.0572. The van der Waals surface area contributed by atoms with Gasteiger partial charge < -0.3 is 10.1 Å². The third-order valence-electron chi connectivity index (χ3n) is 3.04. The Balaban J connectivity index is 2.22. The van der Waals surface area contributed by atoms with E-state index in [1.807, 2.05) is 33.8 Å². The van der Waals surface area contributed by atoms with Crippen LogP contribution in [0.4, 0.5) is 5.69 Å². The first-order chi connectivity index (χ1) is 11.5. The fourth-order valence-corrected chi connectivity index (χ4v) is 3.90. The number of rotatable bonds is 4. The first-order valence-corrected chi connectivity index (χ1v) is 9.48. The van der Waals surface area contributed by atoms with Gasteiger partial charge in [-0.25, -0.2) is 4.98 Å². The van der Waals surface area contributed by atoms with Gasteiger partial charge in [0, 0.05) is 5.69 Å².